The molecule has 0 aliphatic heterocycles. The Bertz CT molecular complexity index is 654. The van der Waals surface area contributed by atoms with Gasteiger partial charge in [0.1, 0.15) is 11.2 Å². The third-order valence-electron chi connectivity index (χ3n) is 7.05. The van der Waals surface area contributed by atoms with E-state index in [0.717, 1.165) is 51.4 Å². The van der Waals surface area contributed by atoms with Crippen LogP contribution < -0.4 is 0 Å². The molecule has 0 saturated carbocycles. The molecule has 2 unspecified atom stereocenters. The lowest BCUT2D eigenvalue weighted by Gasteiger charge is -2.35. The van der Waals surface area contributed by atoms with Crippen molar-refractivity contribution in [1.29, 1.82) is 0 Å². The third-order valence-corrected chi connectivity index (χ3v) is 7.05. The molecule has 238 valence electrons. The van der Waals surface area contributed by atoms with Gasteiger partial charge in [-0.25, -0.2) is 9.78 Å². The van der Waals surface area contributed by atoms with Crippen LogP contribution in [0.15, 0.2) is 0 Å². The number of carbonyl (C=O) groups is 2. The maximum atomic E-state index is 12.7. The summed E-state index contributed by atoms with van der Waals surface area (Å²) in [5.74, 6) is -0.387. The van der Waals surface area contributed by atoms with Gasteiger partial charge in [0.2, 0.25) is 0 Å². The van der Waals surface area contributed by atoms with Crippen molar-refractivity contribution in [3.05, 3.63) is 0 Å². The molecule has 0 fully saturated rings. The van der Waals surface area contributed by atoms with E-state index in [0.29, 0.717) is 12.8 Å². The van der Waals surface area contributed by atoms with Gasteiger partial charge in [0.25, 0.3) is 0 Å². The average Bonchev–Trinajstić information content (AvgIpc) is 2.80. The van der Waals surface area contributed by atoms with Gasteiger partial charge >= 0.3 is 11.9 Å². The summed E-state index contributed by atoms with van der Waals surface area (Å²) in [7, 11) is 0. The highest BCUT2D eigenvalue weighted by molar-refractivity contribution is 5.73. The van der Waals surface area contributed by atoms with Crippen LogP contribution in [0.3, 0.4) is 0 Å². The Morgan fingerprint density at radius 2 is 0.900 bits per heavy atom. The standard InChI is InChI=1S/C32H62O8/c1-13-17-19-25(15-3)27(33)37-31(9,10)21-29(5,6)23-35-39-40-36-24-30(7,8)22-32(11,12)38-28(34)26(16-4)20-18-14-2/h25-26H,13-24H2,1-12H3. The van der Waals surface area contributed by atoms with Crippen LogP contribution >= 0.6 is 0 Å². The van der Waals surface area contributed by atoms with Gasteiger partial charge < -0.3 is 9.47 Å². The Morgan fingerprint density at radius 1 is 0.575 bits per heavy atom. The number of carbonyl (C=O) groups excluding carboxylic acids is 2. The van der Waals surface area contributed by atoms with E-state index in [1.54, 1.807) is 0 Å². The molecule has 0 aromatic rings. The summed E-state index contributed by atoms with van der Waals surface area (Å²) in [4.78, 5) is 35.9. The van der Waals surface area contributed by atoms with E-state index in [2.05, 4.69) is 13.8 Å². The molecule has 0 amide bonds. The zero-order valence-corrected chi connectivity index (χ0v) is 27.9. The second-order valence-corrected chi connectivity index (χ2v) is 14.2. The quantitative estimate of drug-likeness (QED) is 0.0518. The number of hydrogen-bond acceptors (Lipinski definition) is 8. The summed E-state index contributed by atoms with van der Waals surface area (Å²) >= 11 is 0. The maximum absolute atomic E-state index is 12.7. The summed E-state index contributed by atoms with van der Waals surface area (Å²) in [6, 6.07) is 0. The van der Waals surface area contributed by atoms with Gasteiger partial charge in [-0.2, -0.15) is 0 Å². The smallest absolute Gasteiger partial charge is 0.309 e. The molecular weight excluding hydrogens is 512 g/mol. The molecule has 0 spiro atoms. The van der Waals surface area contributed by atoms with Crippen LogP contribution in [0, 0.1) is 22.7 Å². The van der Waals surface area contributed by atoms with Crippen LogP contribution in [0.25, 0.3) is 0 Å². The molecule has 0 bridgehead atoms. The lowest BCUT2D eigenvalue weighted by atomic mass is 9.82. The molecule has 0 saturated heterocycles. The summed E-state index contributed by atoms with van der Waals surface area (Å²) in [5.41, 5.74) is -1.99. The van der Waals surface area contributed by atoms with Crippen molar-refractivity contribution < 1.29 is 38.9 Å². The van der Waals surface area contributed by atoms with Crippen molar-refractivity contribution in [2.75, 3.05) is 13.2 Å². The largest absolute Gasteiger partial charge is 0.459 e. The van der Waals surface area contributed by atoms with Crippen LogP contribution in [-0.2, 0) is 38.9 Å². The molecule has 0 radical (unpaired) electrons. The Kier molecular flexibility index (Phi) is 17.8. The molecule has 8 heteroatoms. The molecule has 0 aromatic heterocycles. The van der Waals surface area contributed by atoms with Crippen LogP contribution in [0.1, 0.15) is 147 Å². The van der Waals surface area contributed by atoms with Gasteiger partial charge in [0.05, 0.1) is 25.0 Å². The van der Waals surface area contributed by atoms with E-state index < -0.39 is 11.2 Å². The highest BCUT2D eigenvalue weighted by atomic mass is 17.7. The minimum atomic E-state index is -0.644. The molecule has 0 aliphatic carbocycles. The van der Waals surface area contributed by atoms with Crippen molar-refractivity contribution in [2.45, 2.75) is 158 Å². The predicted molar refractivity (Wildman–Crippen MR) is 158 cm³/mol. The molecule has 0 N–H and O–H groups in total. The van der Waals surface area contributed by atoms with E-state index in [1.165, 1.54) is 0 Å². The van der Waals surface area contributed by atoms with Crippen molar-refractivity contribution in [2.24, 2.45) is 22.7 Å². The summed E-state index contributed by atoms with van der Waals surface area (Å²) in [6.45, 7) is 24.5. The van der Waals surface area contributed by atoms with Gasteiger partial charge in [-0.05, 0) is 87.1 Å². The third kappa shape index (κ3) is 17.6. The zero-order chi connectivity index (χ0) is 31.0. The minimum absolute atomic E-state index is 0.0617. The van der Waals surface area contributed by atoms with Gasteiger partial charge in [0, 0.05) is 0 Å². The number of hydrogen-bond donors (Lipinski definition) is 0. The first kappa shape index (κ1) is 38.8. The first-order valence-corrected chi connectivity index (χ1v) is 15.5. The van der Waals surface area contributed by atoms with Crippen molar-refractivity contribution in [1.82, 2.24) is 0 Å². The highest BCUT2D eigenvalue weighted by Gasteiger charge is 2.35. The first-order chi connectivity index (χ1) is 18.4. The normalized spacial score (nSPS) is 14.6. The number of esters is 2. The Balaban J connectivity index is 4.53. The predicted octanol–water partition coefficient (Wildman–Crippen LogP) is 8.71. The molecule has 0 aliphatic rings. The fourth-order valence-electron chi connectivity index (χ4n) is 5.48. The molecular formula is C32H62O8. The molecule has 2 atom stereocenters. The Labute approximate surface area is 245 Å². The lowest BCUT2D eigenvalue weighted by Crippen LogP contribution is -2.38. The fourth-order valence-corrected chi connectivity index (χ4v) is 5.48. The van der Waals surface area contributed by atoms with E-state index in [9.17, 15) is 9.59 Å². The zero-order valence-electron chi connectivity index (χ0n) is 27.9. The van der Waals surface area contributed by atoms with E-state index in [4.69, 9.17) is 29.3 Å². The average molecular weight is 575 g/mol. The summed E-state index contributed by atoms with van der Waals surface area (Å²) < 4.78 is 11.8. The Morgan fingerprint density at radius 3 is 1.18 bits per heavy atom. The molecule has 40 heavy (non-hydrogen) atoms. The second-order valence-electron chi connectivity index (χ2n) is 14.2. The van der Waals surface area contributed by atoms with Crippen molar-refractivity contribution in [3.8, 4) is 0 Å². The van der Waals surface area contributed by atoms with Gasteiger partial charge in [-0.15, -0.1) is 0 Å². The second kappa shape index (κ2) is 18.3. The summed E-state index contributed by atoms with van der Waals surface area (Å²) in [6.07, 6.45) is 8.61. The number of ether oxygens (including phenoxy) is 2. The maximum Gasteiger partial charge on any atom is 0.309 e. The van der Waals surface area contributed by atoms with Crippen LogP contribution in [0.5, 0.6) is 0 Å². The van der Waals surface area contributed by atoms with Gasteiger partial charge in [-0.1, -0.05) is 81.1 Å². The topological polar surface area (TPSA) is 89.5 Å². The molecule has 0 rings (SSSR count). The van der Waals surface area contributed by atoms with Crippen molar-refractivity contribution in [3.63, 3.8) is 0 Å². The molecule has 8 nitrogen and oxygen atoms in total. The van der Waals surface area contributed by atoms with E-state index in [-0.39, 0.29) is 47.8 Å². The monoisotopic (exact) mass is 574 g/mol. The number of rotatable bonds is 23. The SMILES string of the molecule is CCCCC(CC)C(=O)OC(C)(C)CC(C)(C)COOOOCC(C)(C)CC(C)(C)OC(=O)C(CC)CCCC. The van der Waals surface area contributed by atoms with Gasteiger partial charge in [-0.3, -0.25) is 9.59 Å². The molecule has 0 heterocycles. The van der Waals surface area contributed by atoms with E-state index in [1.807, 2.05) is 69.2 Å². The first-order valence-electron chi connectivity index (χ1n) is 15.5. The van der Waals surface area contributed by atoms with Crippen LogP contribution in [-0.4, -0.2) is 36.4 Å². The van der Waals surface area contributed by atoms with Crippen molar-refractivity contribution >= 4 is 11.9 Å². The van der Waals surface area contributed by atoms with Crippen LogP contribution in [0.2, 0.25) is 0 Å². The minimum Gasteiger partial charge on any atom is -0.459 e. The number of unbranched alkanes of at least 4 members (excludes halogenated alkanes) is 2. The van der Waals surface area contributed by atoms with E-state index >= 15 is 0 Å². The Hall–Kier alpha value is -1.22. The molecule has 0 aromatic carbocycles. The van der Waals surface area contributed by atoms with Gasteiger partial charge in [0.15, 0.2) is 0 Å². The van der Waals surface area contributed by atoms with Crippen LogP contribution in [0.4, 0.5) is 0 Å². The lowest BCUT2D eigenvalue weighted by molar-refractivity contribution is -0.639. The summed E-state index contributed by atoms with van der Waals surface area (Å²) in [5, 5.41) is 9.65. The highest BCUT2D eigenvalue weighted by Crippen LogP contribution is 2.33. The fraction of sp³-hybridized carbons (Fsp3) is 0.938.